The van der Waals surface area contributed by atoms with E-state index in [2.05, 4.69) is 10.5 Å². The van der Waals surface area contributed by atoms with Crippen LogP contribution in [0.2, 0.25) is 0 Å². The van der Waals surface area contributed by atoms with Gasteiger partial charge in [-0.25, -0.2) is 8.78 Å². The summed E-state index contributed by atoms with van der Waals surface area (Å²) < 4.78 is 25.6. The van der Waals surface area contributed by atoms with E-state index in [1.807, 2.05) is 11.4 Å². The number of amides is 4. The first-order valence-electron chi connectivity index (χ1n) is 7.92. The third kappa shape index (κ3) is 3.73. The number of hydrogen-bond acceptors (Lipinski definition) is 6. The van der Waals surface area contributed by atoms with Gasteiger partial charge < -0.3 is 0 Å². The van der Waals surface area contributed by atoms with Gasteiger partial charge in [-0.1, -0.05) is 30.3 Å². The van der Waals surface area contributed by atoms with E-state index in [0.29, 0.717) is 0 Å². The second kappa shape index (κ2) is 7.44. The summed E-state index contributed by atoms with van der Waals surface area (Å²) >= 11 is 0. The van der Waals surface area contributed by atoms with Gasteiger partial charge in [0.15, 0.2) is 0 Å². The Morgan fingerprint density at radius 1 is 1.00 bits per heavy atom. The van der Waals surface area contributed by atoms with E-state index >= 15 is 0 Å². The summed E-state index contributed by atoms with van der Waals surface area (Å²) in [7, 11) is 0. The maximum Gasteiger partial charge on any atom is 0.279 e. The van der Waals surface area contributed by atoms with Crippen LogP contribution in [0.25, 0.3) is 0 Å². The van der Waals surface area contributed by atoms with Gasteiger partial charge in [-0.2, -0.15) is 5.10 Å². The van der Waals surface area contributed by atoms with Crippen LogP contribution in [-0.4, -0.2) is 46.7 Å². The lowest BCUT2D eigenvalue weighted by Crippen LogP contribution is -2.35. The monoisotopic (exact) mass is 376 g/mol. The van der Waals surface area contributed by atoms with E-state index in [-0.39, 0.29) is 18.4 Å². The number of carbonyl (C=O) groups is 4. The summed E-state index contributed by atoms with van der Waals surface area (Å²) in [6, 6.07) is 7.93. The lowest BCUT2D eigenvalue weighted by atomic mass is 9.99. The molecule has 3 aliphatic rings. The molecule has 27 heavy (non-hydrogen) atoms. The molecule has 3 aliphatic heterocycles. The summed E-state index contributed by atoms with van der Waals surface area (Å²) in [5.74, 6) is -2.96. The van der Waals surface area contributed by atoms with Gasteiger partial charge in [0.05, 0.1) is 6.54 Å². The highest BCUT2D eigenvalue weighted by atomic mass is 19.3. The number of halogens is 2. The van der Waals surface area contributed by atoms with E-state index in [4.69, 9.17) is 0 Å². The maximum absolute atomic E-state index is 12.8. The van der Waals surface area contributed by atoms with Crippen molar-refractivity contribution in [2.24, 2.45) is 11.0 Å². The molecule has 4 rings (SSSR count). The molecule has 8 nitrogen and oxygen atoms in total. The molecule has 1 saturated heterocycles. The van der Waals surface area contributed by atoms with E-state index in [0.717, 1.165) is 10.5 Å². The van der Waals surface area contributed by atoms with Crippen molar-refractivity contribution < 1.29 is 28.0 Å². The standard InChI is InChI=1S/C13H11F2N3O2.C4H3NO2/c14-11(15)9-8-10(17-16-9)13(20)18(12(8)19)6-7-4-2-1-3-5-7;6-3-1-2-4(7)5-3/h1-5,8,10-11,17H,6H2;1-2H,(H,5,6,7). The lowest BCUT2D eigenvalue weighted by Gasteiger charge is -2.15. The second-order valence-electron chi connectivity index (χ2n) is 5.86. The zero-order chi connectivity index (χ0) is 19.6. The van der Waals surface area contributed by atoms with E-state index < -0.39 is 35.9 Å². The Morgan fingerprint density at radius 3 is 2.15 bits per heavy atom. The van der Waals surface area contributed by atoms with Crippen molar-refractivity contribution in [2.75, 3.05) is 0 Å². The smallest absolute Gasteiger partial charge is 0.279 e. The average molecular weight is 376 g/mol. The molecule has 140 valence electrons. The maximum atomic E-state index is 12.8. The average Bonchev–Trinajstić information content (AvgIpc) is 3.30. The third-order valence-corrected chi connectivity index (χ3v) is 4.09. The summed E-state index contributed by atoms with van der Waals surface area (Å²) in [4.78, 5) is 45.3. The fourth-order valence-corrected chi connectivity index (χ4v) is 2.83. The van der Waals surface area contributed by atoms with Crippen molar-refractivity contribution in [3.63, 3.8) is 0 Å². The van der Waals surface area contributed by atoms with E-state index in [1.165, 1.54) is 12.2 Å². The molecule has 1 fully saturated rings. The van der Waals surface area contributed by atoms with Gasteiger partial charge in [0.1, 0.15) is 17.7 Å². The molecular weight excluding hydrogens is 362 g/mol. The first kappa shape index (κ1) is 18.4. The number of likely N-dealkylation sites (tertiary alicyclic amines) is 1. The van der Waals surface area contributed by atoms with Crippen LogP contribution in [0.5, 0.6) is 0 Å². The number of fused-ring (bicyclic) bond motifs is 1. The van der Waals surface area contributed by atoms with Gasteiger partial charge in [0.25, 0.3) is 24.1 Å². The Morgan fingerprint density at radius 2 is 1.63 bits per heavy atom. The molecule has 2 N–H and O–H groups in total. The van der Waals surface area contributed by atoms with Gasteiger partial charge in [-0.05, 0) is 5.56 Å². The van der Waals surface area contributed by atoms with Crippen LogP contribution in [0.3, 0.4) is 0 Å². The van der Waals surface area contributed by atoms with Gasteiger partial charge in [0, 0.05) is 12.2 Å². The van der Waals surface area contributed by atoms with Crippen molar-refractivity contribution >= 4 is 29.3 Å². The molecule has 0 aromatic heterocycles. The summed E-state index contributed by atoms with van der Waals surface area (Å²) in [5, 5.41) is 5.44. The minimum absolute atomic E-state index is 0.0870. The number of benzene rings is 1. The number of imide groups is 2. The van der Waals surface area contributed by atoms with Gasteiger partial charge >= 0.3 is 0 Å². The first-order chi connectivity index (χ1) is 12.9. The second-order valence-corrected chi connectivity index (χ2v) is 5.86. The first-order valence-corrected chi connectivity index (χ1v) is 7.92. The molecule has 0 bridgehead atoms. The Hall–Kier alpha value is -3.43. The van der Waals surface area contributed by atoms with Crippen LogP contribution in [0.4, 0.5) is 8.78 Å². The third-order valence-electron chi connectivity index (χ3n) is 4.09. The van der Waals surface area contributed by atoms with Crippen LogP contribution in [0.1, 0.15) is 5.56 Å². The number of hydrazone groups is 1. The highest BCUT2D eigenvalue weighted by Crippen LogP contribution is 2.29. The van der Waals surface area contributed by atoms with Crippen molar-refractivity contribution in [1.82, 2.24) is 15.6 Å². The SMILES string of the molecule is O=C1C2NN=C(C(F)F)C2C(=O)N1Cc1ccccc1.O=C1C=CC(=O)N1. The molecule has 1 aromatic carbocycles. The van der Waals surface area contributed by atoms with Crippen molar-refractivity contribution in [1.29, 1.82) is 0 Å². The van der Waals surface area contributed by atoms with Gasteiger partial charge in [-0.3, -0.25) is 34.8 Å². The molecule has 0 spiro atoms. The molecule has 2 unspecified atom stereocenters. The molecule has 10 heteroatoms. The number of carbonyl (C=O) groups excluding carboxylic acids is 4. The van der Waals surface area contributed by atoms with Crippen LogP contribution < -0.4 is 10.7 Å². The molecule has 3 heterocycles. The predicted molar refractivity (Wildman–Crippen MR) is 88.1 cm³/mol. The van der Waals surface area contributed by atoms with Crippen molar-refractivity contribution in [2.45, 2.75) is 19.0 Å². The van der Waals surface area contributed by atoms with Crippen LogP contribution in [-0.2, 0) is 25.7 Å². The van der Waals surface area contributed by atoms with Crippen LogP contribution in [0, 0.1) is 5.92 Å². The van der Waals surface area contributed by atoms with Gasteiger partial charge in [0.2, 0.25) is 5.91 Å². The molecule has 1 aromatic rings. The van der Waals surface area contributed by atoms with Crippen molar-refractivity contribution in [3.05, 3.63) is 48.0 Å². The van der Waals surface area contributed by atoms with E-state index in [9.17, 15) is 28.0 Å². The fourth-order valence-electron chi connectivity index (χ4n) is 2.83. The van der Waals surface area contributed by atoms with Crippen molar-refractivity contribution in [3.8, 4) is 0 Å². The normalized spacial score (nSPS) is 23.1. The summed E-state index contributed by atoms with van der Waals surface area (Å²) in [6.45, 7) is 0.0870. The number of hydrogen-bond donors (Lipinski definition) is 2. The zero-order valence-electron chi connectivity index (χ0n) is 13.8. The Balaban J connectivity index is 0.000000253. The van der Waals surface area contributed by atoms with E-state index in [1.54, 1.807) is 24.3 Å². The number of nitrogens with one attached hydrogen (secondary N) is 2. The molecule has 2 atom stereocenters. The quantitative estimate of drug-likeness (QED) is 0.720. The van der Waals surface area contributed by atoms with Gasteiger partial charge in [-0.15, -0.1) is 0 Å². The molecule has 0 aliphatic carbocycles. The Kier molecular flexibility index (Phi) is 5.06. The number of alkyl halides is 2. The fraction of sp³-hybridized carbons (Fsp3) is 0.235. The zero-order valence-corrected chi connectivity index (χ0v) is 13.8. The summed E-state index contributed by atoms with van der Waals surface area (Å²) in [6.07, 6.45) is -0.448. The predicted octanol–water partition coefficient (Wildman–Crippen LogP) is -0.0365. The minimum atomic E-state index is -2.84. The van der Waals surface area contributed by atoms with Crippen LogP contribution >= 0.6 is 0 Å². The lowest BCUT2D eigenvalue weighted by molar-refractivity contribution is -0.140. The number of rotatable bonds is 3. The number of nitrogens with zero attached hydrogens (tertiary/aromatic N) is 2. The molecule has 4 amide bonds. The molecular formula is C17H14F2N4O4. The van der Waals surface area contributed by atoms with Crippen LogP contribution in [0.15, 0.2) is 47.6 Å². The highest BCUT2D eigenvalue weighted by Gasteiger charge is 2.54. The molecule has 0 saturated carbocycles. The summed E-state index contributed by atoms with van der Waals surface area (Å²) in [5.41, 5.74) is 2.56. The largest absolute Gasteiger partial charge is 0.296 e. The highest BCUT2D eigenvalue weighted by molar-refractivity contribution is 6.20. The minimum Gasteiger partial charge on any atom is -0.296 e. The topological polar surface area (TPSA) is 108 Å². The molecule has 0 radical (unpaired) electrons. The Bertz CT molecular complexity index is 838. The Labute approximate surface area is 151 Å².